The van der Waals surface area contributed by atoms with Crippen LogP contribution in [0, 0.1) is 6.92 Å². The van der Waals surface area contributed by atoms with Crippen molar-refractivity contribution in [3.8, 4) is 0 Å². The molecule has 3 rings (SSSR count). The van der Waals surface area contributed by atoms with Crippen molar-refractivity contribution >= 4 is 6.03 Å². The van der Waals surface area contributed by atoms with Crippen LogP contribution in [0.5, 0.6) is 0 Å². The summed E-state index contributed by atoms with van der Waals surface area (Å²) in [4.78, 5) is 14.6. The van der Waals surface area contributed by atoms with Crippen LogP contribution in [-0.4, -0.2) is 47.8 Å². The lowest BCUT2D eigenvalue weighted by Gasteiger charge is -2.23. The third-order valence-electron chi connectivity index (χ3n) is 5.31. The quantitative estimate of drug-likeness (QED) is 0.776. The van der Waals surface area contributed by atoms with Crippen molar-refractivity contribution in [2.45, 2.75) is 57.2 Å². The van der Waals surface area contributed by atoms with Gasteiger partial charge in [-0.25, -0.2) is 4.79 Å². The molecule has 1 saturated carbocycles. The molecule has 1 aliphatic heterocycles. The van der Waals surface area contributed by atoms with Gasteiger partial charge in [-0.1, -0.05) is 42.7 Å². The van der Waals surface area contributed by atoms with E-state index in [0.29, 0.717) is 0 Å². The van der Waals surface area contributed by atoms with Gasteiger partial charge in [0.15, 0.2) is 0 Å². The number of hydrogen-bond acceptors (Lipinski definition) is 3. The number of nitrogens with zero attached hydrogens (tertiary/aromatic N) is 1. The average Bonchev–Trinajstić information content (AvgIpc) is 3.24. The second-order valence-corrected chi connectivity index (χ2v) is 7.20. The minimum Gasteiger partial charge on any atom is -0.387 e. The smallest absolute Gasteiger partial charge is 0.315 e. The number of urea groups is 1. The van der Waals surface area contributed by atoms with E-state index in [1.165, 1.54) is 25.7 Å². The van der Waals surface area contributed by atoms with Crippen molar-refractivity contribution in [1.82, 2.24) is 15.5 Å². The first-order valence-corrected chi connectivity index (χ1v) is 9.15. The number of likely N-dealkylation sites (tertiary alicyclic amines) is 1. The van der Waals surface area contributed by atoms with E-state index < -0.39 is 6.10 Å². The van der Waals surface area contributed by atoms with Gasteiger partial charge in [0, 0.05) is 31.7 Å². The molecule has 1 aliphatic carbocycles. The fourth-order valence-corrected chi connectivity index (χ4v) is 3.84. The fourth-order valence-electron chi connectivity index (χ4n) is 3.84. The maximum Gasteiger partial charge on any atom is 0.315 e. The van der Waals surface area contributed by atoms with E-state index in [1.54, 1.807) is 0 Å². The van der Waals surface area contributed by atoms with Gasteiger partial charge in [-0.2, -0.15) is 0 Å². The second kappa shape index (κ2) is 7.99. The predicted molar refractivity (Wildman–Crippen MR) is 94.9 cm³/mol. The van der Waals surface area contributed by atoms with Crippen LogP contribution < -0.4 is 10.6 Å². The molecule has 1 heterocycles. The van der Waals surface area contributed by atoms with Crippen molar-refractivity contribution in [1.29, 1.82) is 0 Å². The van der Waals surface area contributed by atoms with Crippen molar-refractivity contribution in [3.05, 3.63) is 35.4 Å². The number of nitrogens with one attached hydrogen (secondary N) is 2. The van der Waals surface area contributed by atoms with Gasteiger partial charge in [-0.05, 0) is 31.7 Å². The first-order valence-electron chi connectivity index (χ1n) is 9.15. The van der Waals surface area contributed by atoms with Gasteiger partial charge in [0.25, 0.3) is 0 Å². The van der Waals surface area contributed by atoms with E-state index in [4.69, 9.17) is 0 Å². The van der Waals surface area contributed by atoms with Crippen molar-refractivity contribution in [3.63, 3.8) is 0 Å². The highest BCUT2D eigenvalue weighted by Gasteiger charge is 2.30. The second-order valence-electron chi connectivity index (χ2n) is 7.20. The zero-order valence-corrected chi connectivity index (χ0v) is 14.5. The minimum absolute atomic E-state index is 0.181. The average molecular weight is 331 g/mol. The largest absolute Gasteiger partial charge is 0.387 e. The highest BCUT2D eigenvalue weighted by atomic mass is 16.3. The summed E-state index contributed by atoms with van der Waals surface area (Å²) in [5.41, 5.74) is 1.99. The minimum atomic E-state index is -0.671. The van der Waals surface area contributed by atoms with Crippen LogP contribution in [0.2, 0.25) is 0 Å². The normalized spacial score (nSPS) is 23.3. The Morgan fingerprint density at radius 2 is 1.96 bits per heavy atom. The number of aliphatic hydroxyl groups excluding tert-OH is 1. The molecule has 0 radical (unpaired) electrons. The Morgan fingerprint density at radius 3 is 2.67 bits per heavy atom. The molecule has 3 N–H and O–H groups in total. The summed E-state index contributed by atoms with van der Waals surface area (Å²) < 4.78 is 0. The van der Waals surface area contributed by atoms with Gasteiger partial charge in [-0.15, -0.1) is 0 Å². The zero-order chi connectivity index (χ0) is 16.9. The van der Waals surface area contributed by atoms with Crippen LogP contribution in [0.1, 0.15) is 49.3 Å². The Balaban J connectivity index is 1.39. The molecule has 2 fully saturated rings. The molecule has 0 bridgehead atoms. The topological polar surface area (TPSA) is 64.6 Å². The van der Waals surface area contributed by atoms with Crippen LogP contribution in [-0.2, 0) is 0 Å². The van der Waals surface area contributed by atoms with Crippen molar-refractivity contribution in [2.75, 3.05) is 19.6 Å². The van der Waals surface area contributed by atoms with E-state index in [-0.39, 0.29) is 18.6 Å². The summed E-state index contributed by atoms with van der Waals surface area (Å²) in [6.45, 7) is 4.28. The lowest BCUT2D eigenvalue weighted by molar-refractivity contribution is 0.172. The van der Waals surface area contributed by atoms with Crippen LogP contribution >= 0.6 is 0 Å². The Bertz CT molecular complexity index is 540. The van der Waals surface area contributed by atoms with E-state index in [2.05, 4.69) is 15.5 Å². The molecular weight excluding hydrogens is 302 g/mol. The third-order valence-corrected chi connectivity index (χ3v) is 5.31. The predicted octanol–water partition coefficient (Wildman–Crippen LogP) is 2.34. The van der Waals surface area contributed by atoms with Gasteiger partial charge >= 0.3 is 6.03 Å². The van der Waals surface area contributed by atoms with Gasteiger partial charge in [0.1, 0.15) is 0 Å². The lowest BCUT2D eigenvalue weighted by Crippen LogP contribution is -2.45. The number of rotatable bonds is 5. The van der Waals surface area contributed by atoms with Crippen LogP contribution in [0.3, 0.4) is 0 Å². The highest BCUT2D eigenvalue weighted by molar-refractivity contribution is 5.74. The number of aryl methyl sites for hydroxylation is 1. The summed E-state index contributed by atoms with van der Waals surface area (Å²) in [7, 11) is 0. The number of amides is 2. The number of carbonyl (C=O) groups is 1. The SMILES string of the molecule is Cc1ccc([C@@H](O)CNC(=O)N[C@@H]2CCN(C3CCCC3)C2)cc1. The molecule has 0 unspecified atom stereocenters. The fraction of sp³-hybridized carbons (Fsp3) is 0.632. The number of aliphatic hydroxyl groups is 1. The molecule has 0 spiro atoms. The van der Waals surface area contributed by atoms with Crippen molar-refractivity contribution in [2.24, 2.45) is 0 Å². The molecule has 1 aromatic rings. The van der Waals surface area contributed by atoms with E-state index in [0.717, 1.165) is 36.7 Å². The molecule has 2 atom stereocenters. The number of benzene rings is 1. The van der Waals surface area contributed by atoms with Gasteiger partial charge < -0.3 is 15.7 Å². The Labute approximate surface area is 144 Å². The van der Waals surface area contributed by atoms with Gasteiger partial charge in [-0.3, -0.25) is 4.90 Å². The molecular formula is C19H29N3O2. The molecule has 132 valence electrons. The first kappa shape index (κ1) is 17.2. The maximum absolute atomic E-state index is 12.1. The van der Waals surface area contributed by atoms with E-state index in [1.807, 2.05) is 31.2 Å². The molecule has 2 amide bonds. The number of carbonyl (C=O) groups excluding carboxylic acids is 1. The van der Waals surface area contributed by atoms with E-state index in [9.17, 15) is 9.90 Å². The summed E-state index contributed by atoms with van der Waals surface area (Å²) in [6, 6.07) is 8.50. The Kier molecular flexibility index (Phi) is 5.74. The molecule has 0 aromatic heterocycles. The summed E-state index contributed by atoms with van der Waals surface area (Å²) in [5, 5.41) is 16.0. The number of hydrogen-bond donors (Lipinski definition) is 3. The summed E-state index contributed by atoms with van der Waals surface area (Å²) in [5.74, 6) is 0. The maximum atomic E-state index is 12.1. The monoisotopic (exact) mass is 331 g/mol. The van der Waals surface area contributed by atoms with Crippen LogP contribution in [0.25, 0.3) is 0 Å². The van der Waals surface area contributed by atoms with Crippen LogP contribution in [0.4, 0.5) is 4.79 Å². The van der Waals surface area contributed by atoms with E-state index >= 15 is 0 Å². The molecule has 5 heteroatoms. The van der Waals surface area contributed by atoms with Crippen molar-refractivity contribution < 1.29 is 9.90 Å². The van der Waals surface area contributed by atoms with Crippen LogP contribution in [0.15, 0.2) is 24.3 Å². The summed E-state index contributed by atoms with van der Waals surface area (Å²) in [6.07, 6.45) is 5.65. The standard InChI is InChI=1S/C19H29N3O2/c1-14-6-8-15(9-7-14)18(23)12-20-19(24)21-16-10-11-22(13-16)17-4-2-3-5-17/h6-9,16-18,23H,2-5,10-13H2,1H3,(H2,20,21,24)/t16-,18+/m1/s1. The molecule has 1 saturated heterocycles. The third kappa shape index (κ3) is 4.48. The molecule has 24 heavy (non-hydrogen) atoms. The van der Waals surface area contributed by atoms with Gasteiger partial charge in [0.2, 0.25) is 0 Å². The molecule has 5 nitrogen and oxygen atoms in total. The molecule has 1 aromatic carbocycles. The summed E-state index contributed by atoms with van der Waals surface area (Å²) >= 11 is 0. The molecule has 2 aliphatic rings. The highest BCUT2D eigenvalue weighted by Crippen LogP contribution is 2.26. The zero-order valence-electron chi connectivity index (χ0n) is 14.5. The first-order chi connectivity index (χ1) is 11.6. The van der Waals surface area contributed by atoms with Gasteiger partial charge in [0.05, 0.1) is 6.10 Å². The Morgan fingerprint density at radius 1 is 1.25 bits per heavy atom. The lowest BCUT2D eigenvalue weighted by atomic mass is 10.1. The Hall–Kier alpha value is -1.59.